The molecule has 0 aliphatic rings. The van der Waals surface area contributed by atoms with E-state index in [0.717, 1.165) is 10.9 Å². The summed E-state index contributed by atoms with van der Waals surface area (Å²) in [5.74, 6) is 0.596. The van der Waals surface area contributed by atoms with Gasteiger partial charge in [-0.15, -0.1) is 0 Å². The lowest BCUT2D eigenvalue weighted by Gasteiger charge is -2.02. The Hall–Kier alpha value is -1.22. The van der Waals surface area contributed by atoms with Crippen LogP contribution in [-0.2, 0) is 0 Å². The van der Waals surface area contributed by atoms with Crippen molar-refractivity contribution in [2.75, 3.05) is 7.11 Å². The molecule has 2 aromatic heterocycles. The Bertz CT molecular complexity index is 410. The summed E-state index contributed by atoms with van der Waals surface area (Å²) in [6.07, 6.45) is 3.53. The standard InChI is InChI=1S/C8H7ClN2O/c1-12-7-6-5(2-3-10-6)4-11-8(7)9/h2-4,10H,1H3. The van der Waals surface area contributed by atoms with Gasteiger partial charge in [-0.3, -0.25) is 0 Å². The second kappa shape index (κ2) is 2.68. The summed E-state index contributed by atoms with van der Waals surface area (Å²) in [5, 5.41) is 1.38. The summed E-state index contributed by atoms with van der Waals surface area (Å²) in [7, 11) is 1.57. The van der Waals surface area contributed by atoms with Crippen molar-refractivity contribution in [3.8, 4) is 5.75 Å². The molecule has 4 heteroatoms. The van der Waals surface area contributed by atoms with Gasteiger partial charge in [0.25, 0.3) is 0 Å². The molecule has 0 unspecified atom stereocenters. The highest BCUT2D eigenvalue weighted by molar-refractivity contribution is 6.31. The van der Waals surface area contributed by atoms with Crippen molar-refractivity contribution in [3.05, 3.63) is 23.6 Å². The molecule has 2 heterocycles. The molecule has 0 aromatic carbocycles. The van der Waals surface area contributed by atoms with E-state index >= 15 is 0 Å². The van der Waals surface area contributed by atoms with Crippen LogP contribution in [-0.4, -0.2) is 17.1 Å². The van der Waals surface area contributed by atoms with E-state index in [1.54, 1.807) is 13.3 Å². The third-order valence-electron chi connectivity index (χ3n) is 1.71. The molecule has 62 valence electrons. The Balaban J connectivity index is 2.83. The number of aromatic amines is 1. The number of halogens is 1. The predicted octanol–water partition coefficient (Wildman–Crippen LogP) is 2.22. The number of H-pyrrole nitrogens is 1. The lowest BCUT2D eigenvalue weighted by molar-refractivity contribution is 0.417. The molecule has 2 rings (SSSR count). The minimum absolute atomic E-state index is 0.382. The van der Waals surface area contributed by atoms with Gasteiger partial charge in [-0.05, 0) is 6.07 Å². The van der Waals surface area contributed by atoms with E-state index in [1.807, 2.05) is 12.3 Å². The molecule has 3 nitrogen and oxygen atoms in total. The van der Waals surface area contributed by atoms with Crippen molar-refractivity contribution in [2.24, 2.45) is 0 Å². The SMILES string of the molecule is COc1c(Cl)ncc2cc[nH]c12. The zero-order valence-corrected chi connectivity index (χ0v) is 7.22. The van der Waals surface area contributed by atoms with Crippen LogP contribution < -0.4 is 4.74 Å². The Morgan fingerprint density at radius 3 is 3.17 bits per heavy atom. The molecule has 0 spiro atoms. The monoisotopic (exact) mass is 182 g/mol. The van der Waals surface area contributed by atoms with Crippen LogP contribution in [0.1, 0.15) is 0 Å². The molecule has 0 aliphatic heterocycles. The summed E-state index contributed by atoms with van der Waals surface area (Å²) >= 11 is 5.80. The number of pyridine rings is 1. The lowest BCUT2D eigenvalue weighted by Crippen LogP contribution is -1.87. The van der Waals surface area contributed by atoms with Crippen molar-refractivity contribution < 1.29 is 4.74 Å². The van der Waals surface area contributed by atoms with Crippen LogP contribution in [0.2, 0.25) is 5.15 Å². The number of hydrogen-bond acceptors (Lipinski definition) is 2. The summed E-state index contributed by atoms with van der Waals surface area (Å²) in [6.45, 7) is 0. The number of nitrogens with one attached hydrogen (secondary N) is 1. The first-order valence-corrected chi connectivity index (χ1v) is 3.86. The van der Waals surface area contributed by atoms with Crippen LogP contribution in [0.3, 0.4) is 0 Å². The van der Waals surface area contributed by atoms with Crippen LogP contribution >= 0.6 is 11.6 Å². The number of rotatable bonds is 1. The first-order chi connectivity index (χ1) is 5.83. The topological polar surface area (TPSA) is 37.9 Å². The normalized spacial score (nSPS) is 10.5. The Morgan fingerprint density at radius 1 is 1.58 bits per heavy atom. The minimum Gasteiger partial charge on any atom is -0.491 e. The van der Waals surface area contributed by atoms with Crippen LogP contribution in [0.4, 0.5) is 0 Å². The van der Waals surface area contributed by atoms with E-state index < -0.39 is 0 Å². The molecule has 0 amide bonds. The number of ether oxygens (including phenoxy) is 1. The predicted molar refractivity (Wildman–Crippen MR) is 47.7 cm³/mol. The zero-order valence-electron chi connectivity index (χ0n) is 6.47. The van der Waals surface area contributed by atoms with Gasteiger partial charge in [0, 0.05) is 17.8 Å². The van der Waals surface area contributed by atoms with Gasteiger partial charge < -0.3 is 9.72 Å². The fraction of sp³-hybridized carbons (Fsp3) is 0.125. The van der Waals surface area contributed by atoms with Gasteiger partial charge in [0.05, 0.1) is 12.6 Å². The first-order valence-electron chi connectivity index (χ1n) is 3.48. The fourth-order valence-electron chi connectivity index (χ4n) is 1.16. The van der Waals surface area contributed by atoms with Gasteiger partial charge in [-0.1, -0.05) is 11.6 Å². The molecular weight excluding hydrogens is 176 g/mol. The molecule has 0 saturated carbocycles. The number of methoxy groups -OCH3 is 1. The highest BCUT2D eigenvalue weighted by atomic mass is 35.5. The first kappa shape index (κ1) is 7.43. The van der Waals surface area contributed by atoms with Crippen molar-refractivity contribution in [1.82, 2.24) is 9.97 Å². The third kappa shape index (κ3) is 0.940. The molecule has 0 radical (unpaired) electrons. The maximum atomic E-state index is 5.80. The van der Waals surface area contributed by atoms with E-state index in [1.165, 1.54) is 0 Å². The van der Waals surface area contributed by atoms with Crippen molar-refractivity contribution in [2.45, 2.75) is 0 Å². The maximum Gasteiger partial charge on any atom is 0.180 e. The van der Waals surface area contributed by atoms with E-state index in [-0.39, 0.29) is 0 Å². The summed E-state index contributed by atoms with van der Waals surface area (Å²) < 4.78 is 5.09. The zero-order chi connectivity index (χ0) is 8.55. The largest absolute Gasteiger partial charge is 0.491 e. The number of nitrogens with zero attached hydrogens (tertiary/aromatic N) is 1. The molecule has 12 heavy (non-hydrogen) atoms. The van der Waals surface area contributed by atoms with Crippen LogP contribution in [0.15, 0.2) is 18.5 Å². The Kier molecular flexibility index (Phi) is 1.66. The Labute approximate surface area is 74.3 Å². The maximum absolute atomic E-state index is 5.80. The molecular formula is C8H7ClN2O. The highest BCUT2D eigenvalue weighted by Crippen LogP contribution is 2.29. The third-order valence-corrected chi connectivity index (χ3v) is 1.98. The quantitative estimate of drug-likeness (QED) is 0.687. The van der Waals surface area contributed by atoms with E-state index in [9.17, 15) is 0 Å². The van der Waals surface area contributed by atoms with Gasteiger partial charge in [-0.25, -0.2) is 4.98 Å². The number of hydrogen-bond donors (Lipinski definition) is 1. The molecule has 0 aliphatic carbocycles. The van der Waals surface area contributed by atoms with Crippen molar-refractivity contribution in [3.63, 3.8) is 0 Å². The van der Waals surface area contributed by atoms with Crippen LogP contribution in [0.25, 0.3) is 10.9 Å². The van der Waals surface area contributed by atoms with Gasteiger partial charge in [0.1, 0.15) is 0 Å². The van der Waals surface area contributed by atoms with Crippen molar-refractivity contribution >= 4 is 22.5 Å². The van der Waals surface area contributed by atoms with Crippen LogP contribution in [0, 0.1) is 0 Å². The highest BCUT2D eigenvalue weighted by Gasteiger charge is 2.07. The molecule has 0 saturated heterocycles. The summed E-state index contributed by atoms with van der Waals surface area (Å²) in [4.78, 5) is 7.00. The van der Waals surface area contributed by atoms with E-state index in [4.69, 9.17) is 16.3 Å². The molecule has 2 aromatic rings. The van der Waals surface area contributed by atoms with Gasteiger partial charge in [0.2, 0.25) is 0 Å². The fourth-order valence-corrected chi connectivity index (χ4v) is 1.38. The average Bonchev–Trinajstić information content (AvgIpc) is 2.52. The Morgan fingerprint density at radius 2 is 2.42 bits per heavy atom. The second-order valence-electron chi connectivity index (χ2n) is 2.39. The van der Waals surface area contributed by atoms with Gasteiger partial charge in [-0.2, -0.15) is 0 Å². The molecule has 0 atom stereocenters. The van der Waals surface area contributed by atoms with Gasteiger partial charge in [0.15, 0.2) is 10.9 Å². The smallest absolute Gasteiger partial charge is 0.180 e. The number of fused-ring (bicyclic) bond motifs is 1. The lowest BCUT2D eigenvalue weighted by atomic mass is 10.3. The van der Waals surface area contributed by atoms with E-state index in [2.05, 4.69) is 9.97 Å². The summed E-state index contributed by atoms with van der Waals surface area (Å²) in [6, 6.07) is 1.92. The minimum atomic E-state index is 0.382. The number of aromatic nitrogens is 2. The second-order valence-corrected chi connectivity index (χ2v) is 2.75. The van der Waals surface area contributed by atoms with E-state index in [0.29, 0.717) is 10.9 Å². The van der Waals surface area contributed by atoms with Crippen molar-refractivity contribution in [1.29, 1.82) is 0 Å². The molecule has 1 N–H and O–H groups in total. The molecule has 0 bridgehead atoms. The van der Waals surface area contributed by atoms with Crippen LogP contribution in [0.5, 0.6) is 5.75 Å². The van der Waals surface area contributed by atoms with Gasteiger partial charge >= 0.3 is 0 Å². The molecule has 0 fully saturated rings. The summed E-state index contributed by atoms with van der Waals surface area (Å²) in [5.41, 5.74) is 0.887. The average molecular weight is 183 g/mol.